The minimum Gasteiger partial charge on any atom is -0.469 e. The average Bonchev–Trinajstić information content (AvgIpc) is 2.20. The molecule has 0 radical (unpaired) electrons. The maximum Gasteiger partial charge on any atom is 0.309 e. The van der Waals surface area contributed by atoms with Crippen molar-refractivity contribution in [2.75, 3.05) is 7.11 Å². The van der Waals surface area contributed by atoms with Crippen LogP contribution in [-0.2, 0) is 9.53 Å². The number of halogens is 1. The summed E-state index contributed by atoms with van der Waals surface area (Å²) in [6.45, 7) is 0. The summed E-state index contributed by atoms with van der Waals surface area (Å²) in [4.78, 5) is 14.7. The van der Waals surface area contributed by atoms with E-state index in [1.54, 1.807) is 30.6 Å². The van der Waals surface area contributed by atoms with E-state index in [0.29, 0.717) is 5.02 Å². The van der Waals surface area contributed by atoms with E-state index >= 15 is 0 Å². The quantitative estimate of drug-likeness (QED) is 0.721. The van der Waals surface area contributed by atoms with Gasteiger partial charge in [-0.2, -0.15) is 0 Å². The molecule has 0 unspecified atom stereocenters. The van der Waals surface area contributed by atoms with E-state index in [-0.39, 0.29) is 12.4 Å². The second-order valence-corrected chi connectivity index (χ2v) is 2.99. The molecule has 0 N–H and O–H groups in total. The van der Waals surface area contributed by atoms with Crippen molar-refractivity contribution in [1.29, 1.82) is 0 Å². The minimum atomic E-state index is -0.277. The second kappa shape index (κ2) is 5.40. The van der Waals surface area contributed by atoms with E-state index in [1.807, 2.05) is 0 Å². The van der Waals surface area contributed by atoms with Crippen molar-refractivity contribution in [2.24, 2.45) is 0 Å². The van der Waals surface area contributed by atoms with Crippen molar-refractivity contribution in [1.82, 2.24) is 4.98 Å². The number of hydrogen-bond acceptors (Lipinski definition) is 3. The Morgan fingerprint density at radius 2 is 2.50 bits per heavy atom. The van der Waals surface area contributed by atoms with E-state index in [4.69, 9.17) is 11.6 Å². The Morgan fingerprint density at radius 3 is 3.14 bits per heavy atom. The summed E-state index contributed by atoms with van der Waals surface area (Å²) in [6.07, 6.45) is 6.92. The van der Waals surface area contributed by atoms with E-state index in [9.17, 15) is 4.79 Å². The minimum absolute atomic E-state index is 0.238. The summed E-state index contributed by atoms with van der Waals surface area (Å²) in [5.74, 6) is -0.277. The first kappa shape index (κ1) is 10.7. The third kappa shape index (κ3) is 3.18. The smallest absolute Gasteiger partial charge is 0.309 e. The lowest BCUT2D eigenvalue weighted by Gasteiger charge is -1.95. The maximum atomic E-state index is 10.8. The van der Waals surface area contributed by atoms with E-state index < -0.39 is 0 Å². The van der Waals surface area contributed by atoms with Gasteiger partial charge in [-0.05, 0) is 6.07 Å². The predicted octanol–water partition coefficient (Wildman–Crippen LogP) is 2.31. The number of carbonyl (C=O) groups is 1. The highest BCUT2D eigenvalue weighted by Crippen LogP contribution is 2.14. The number of carbonyl (C=O) groups excluding carboxylic acids is 1. The Balaban J connectivity index is 2.60. The largest absolute Gasteiger partial charge is 0.469 e. The average molecular weight is 212 g/mol. The molecule has 1 rings (SSSR count). The topological polar surface area (TPSA) is 39.2 Å². The highest BCUT2D eigenvalue weighted by molar-refractivity contribution is 6.32. The van der Waals surface area contributed by atoms with E-state index in [0.717, 1.165) is 5.56 Å². The Kier molecular flexibility index (Phi) is 4.13. The fourth-order valence-electron chi connectivity index (χ4n) is 0.878. The monoisotopic (exact) mass is 211 g/mol. The summed E-state index contributed by atoms with van der Waals surface area (Å²) >= 11 is 5.87. The van der Waals surface area contributed by atoms with Gasteiger partial charge in [0.25, 0.3) is 0 Å². The molecule has 0 aliphatic rings. The first-order valence-electron chi connectivity index (χ1n) is 4.07. The van der Waals surface area contributed by atoms with Crippen molar-refractivity contribution in [3.05, 3.63) is 35.1 Å². The highest BCUT2D eigenvalue weighted by atomic mass is 35.5. The van der Waals surface area contributed by atoms with Gasteiger partial charge in [-0.1, -0.05) is 23.8 Å². The molecule has 0 saturated carbocycles. The van der Waals surface area contributed by atoms with Gasteiger partial charge in [0, 0.05) is 18.0 Å². The summed E-state index contributed by atoms with van der Waals surface area (Å²) in [5.41, 5.74) is 0.790. The Labute approximate surface area is 87.4 Å². The number of rotatable bonds is 3. The molecular weight excluding hydrogens is 202 g/mol. The third-order valence-corrected chi connectivity index (χ3v) is 1.95. The number of esters is 1. The number of nitrogens with zero attached hydrogens (tertiary/aromatic N) is 1. The summed E-state index contributed by atoms with van der Waals surface area (Å²) in [5, 5.41) is 0.612. The summed E-state index contributed by atoms with van der Waals surface area (Å²) < 4.78 is 4.48. The lowest BCUT2D eigenvalue weighted by molar-refractivity contribution is -0.139. The van der Waals surface area contributed by atoms with Crippen LogP contribution in [-0.4, -0.2) is 18.1 Å². The Hall–Kier alpha value is -1.35. The molecule has 1 heterocycles. The fraction of sp³-hybridized carbons (Fsp3) is 0.200. The van der Waals surface area contributed by atoms with Crippen LogP contribution < -0.4 is 0 Å². The molecule has 14 heavy (non-hydrogen) atoms. The second-order valence-electron chi connectivity index (χ2n) is 2.58. The molecule has 1 aromatic rings. The lowest BCUT2D eigenvalue weighted by Crippen LogP contribution is -1.96. The van der Waals surface area contributed by atoms with Gasteiger partial charge in [-0.15, -0.1) is 0 Å². The zero-order valence-electron chi connectivity index (χ0n) is 7.74. The van der Waals surface area contributed by atoms with Crippen LogP contribution in [0.2, 0.25) is 5.02 Å². The number of pyridine rings is 1. The molecule has 0 fully saturated rings. The first-order valence-corrected chi connectivity index (χ1v) is 4.44. The first-order chi connectivity index (χ1) is 6.74. The van der Waals surface area contributed by atoms with Gasteiger partial charge in [0.2, 0.25) is 0 Å². The van der Waals surface area contributed by atoms with Crippen LogP contribution in [0.3, 0.4) is 0 Å². The van der Waals surface area contributed by atoms with Crippen LogP contribution in [0, 0.1) is 0 Å². The van der Waals surface area contributed by atoms with Crippen molar-refractivity contribution < 1.29 is 9.53 Å². The summed E-state index contributed by atoms with van der Waals surface area (Å²) in [6, 6.07) is 1.69. The molecule has 0 aromatic carbocycles. The number of ether oxygens (including phenoxy) is 1. The highest BCUT2D eigenvalue weighted by Gasteiger charge is 1.96. The van der Waals surface area contributed by atoms with Gasteiger partial charge in [-0.3, -0.25) is 9.78 Å². The normalized spacial score (nSPS) is 10.4. The van der Waals surface area contributed by atoms with Gasteiger partial charge in [0.15, 0.2) is 0 Å². The molecule has 0 saturated heterocycles. The molecule has 0 spiro atoms. The third-order valence-electron chi connectivity index (χ3n) is 1.61. The zero-order valence-corrected chi connectivity index (χ0v) is 8.49. The molecule has 0 bridgehead atoms. The van der Waals surface area contributed by atoms with E-state index in [1.165, 1.54) is 7.11 Å². The Morgan fingerprint density at radius 1 is 1.71 bits per heavy atom. The van der Waals surface area contributed by atoms with Crippen molar-refractivity contribution >= 4 is 23.6 Å². The van der Waals surface area contributed by atoms with Crippen LogP contribution in [0.1, 0.15) is 12.0 Å². The maximum absolute atomic E-state index is 10.8. The molecule has 0 atom stereocenters. The van der Waals surface area contributed by atoms with Gasteiger partial charge in [0.1, 0.15) is 0 Å². The SMILES string of the molecule is COC(=O)CC=Cc1cnccc1Cl. The molecule has 0 amide bonds. The number of hydrogen-bond donors (Lipinski definition) is 0. The Bertz CT molecular complexity index is 350. The number of methoxy groups -OCH3 is 1. The molecule has 3 nitrogen and oxygen atoms in total. The zero-order chi connectivity index (χ0) is 10.4. The molecule has 74 valence electrons. The van der Waals surface area contributed by atoms with Gasteiger partial charge >= 0.3 is 5.97 Å². The van der Waals surface area contributed by atoms with Crippen molar-refractivity contribution in [2.45, 2.75) is 6.42 Å². The lowest BCUT2D eigenvalue weighted by atomic mass is 10.2. The van der Waals surface area contributed by atoms with Crippen LogP contribution in [0.5, 0.6) is 0 Å². The van der Waals surface area contributed by atoms with Gasteiger partial charge in [0.05, 0.1) is 18.6 Å². The predicted molar refractivity (Wildman–Crippen MR) is 54.9 cm³/mol. The van der Waals surface area contributed by atoms with Crippen LogP contribution in [0.25, 0.3) is 6.08 Å². The molecule has 0 aliphatic heterocycles. The molecule has 4 heteroatoms. The van der Waals surface area contributed by atoms with Crippen LogP contribution in [0.15, 0.2) is 24.5 Å². The van der Waals surface area contributed by atoms with Gasteiger partial charge < -0.3 is 4.74 Å². The van der Waals surface area contributed by atoms with E-state index in [2.05, 4.69) is 9.72 Å². The number of aromatic nitrogens is 1. The standard InChI is InChI=1S/C10H10ClNO2/c1-14-10(13)4-2-3-8-7-12-6-5-9(8)11/h2-3,5-7H,4H2,1H3. The van der Waals surface area contributed by atoms with Crippen LogP contribution >= 0.6 is 11.6 Å². The molecular formula is C10H10ClNO2. The van der Waals surface area contributed by atoms with Crippen molar-refractivity contribution in [3.8, 4) is 0 Å². The fourth-order valence-corrected chi connectivity index (χ4v) is 1.05. The molecule has 1 aromatic heterocycles. The summed E-state index contributed by atoms with van der Waals surface area (Å²) in [7, 11) is 1.35. The molecule has 0 aliphatic carbocycles. The van der Waals surface area contributed by atoms with Gasteiger partial charge in [-0.25, -0.2) is 0 Å². The van der Waals surface area contributed by atoms with Crippen LogP contribution in [0.4, 0.5) is 0 Å². The van der Waals surface area contributed by atoms with Crippen molar-refractivity contribution in [3.63, 3.8) is 0 Å².